The number of aliphatic hydroxyl groups excluding tert-OH is 1. The van der Waals surface area contributed by atoms with Gasteiger partial charge in [0.25, 0.3) is 0 Å². The van der Waals surface area contributed by atoms with Crippen molar-refractivity contribution < 1.29 is 19.8 Å². The number of amides is 1. The molecular weight excluding hydrogens is 210 g/mol. The summed E-state index contributed by atoms with van der Waals surface area (Å²) in [5, 5.41) is 18.4. The van der Waals surface area contributed by atoms with Gasteiger partial charge in [-0.15, -0.1) is 0 Å². The molecule has 0 unspecified atom stereocenters. The quantitative estimate of drug-likeness (QED) is 0.648. The van der Waals surface area contributed by atoms with E-state index in [1.165, 1.54) is 4.90 Å². The lowest BCUT2D eigenvalue weighted by molar-refractivity contribution is -0.149. The van der Waals surface area contributed by atoms with Crippen molar-refractivity contribution in [3.05, 3.63) is 12.2 Å². The van der Waals surface area contributed by atoms with Crippen molar-refractivity contribution in [1.29, 1.82) is 0 Å². The number of allylic oxidation sites excluding steroid dienone is 2. The topological polar surface area (TPSA) is 77.8 Å². The molecule has 0 spiro atoms. The second-order valence-electron chi connectivity index (χ2n) is 4.37. The first-order valence-corrected chi connectivity index (χ1v) is 5.46. The molecule has 2 N–H and O–H groups in total. The number of carboxylic acid groups (broad SMARTS) is 1. The van der Waals surface area contributed by atoms with Crippen molar-refractivity contribution in [3.63, 3.8) is 0 Å². The molecule has 5 nitrogen and oxygen atoms in total. The highest BCUT2D eigenvalue weighted by Crippen LogP contribution is 2.26. The lowest BCUT2D eigenvalue weighted by atomic mass is 10.1. The second-order valence-corrected chi connectivity index (χ2v) is 4.37. The summed E-state index contributed by atoms with van der Waals surface area (Å²) in [6.07, 6.45) is 4.66. The summed E-state index contributed by atoms with van der Waals surface area (Å²) in [5.41, 5.74) is 0. The zero-order valence-electron chi connectivity index (χ0n) is 8.87. The molecule has 1 aliphatic heterocycles. The highest BCUT2D eigenvalue weighted by molar-refractivity contribution is 5.86. The molecule has 88 valence electrons. The number of carbonyl (C=O) groups is 2. The minimum atomic E-state index is -1.03. The Morgan fingerprint density at radius 1 is 1.25 bits per heavy atom. The van der Waals surface area contributed by atoms with E-state index < -0.39 is 18.1 Å². The van der Waals surface area contributed by atoms with Crippen LogP contribution in [-0.4, -0.2) is 45.7 Å². The third-order valence-electron chi connectivity index (χ3n) is 3.20. The number of rotatable bonds is 2. The fourth-order valence-corrected chi connectivity index (χ4v) is 2.34. The smallest absolute Gasteiger partial charge is 0.326 e. The molecule has 0 radical (unpaired) electrons. The number of carbonyl (C=O) groups excluding carboxylic acids is 1. The van der Waals surface area contributed by atoms with Gasteiger partial charge < -0.3 is 15.1 Å². The van der Waals surface area contributed by atoms with Gasteiger partial charge in [-0.2, -0.15) is 0 Å². The van der Waals surface area contributed by atoms with Crippen LogP contribution in [0.1, 0.15) is 19.3 Å². The van der Waals surface area contributed by atoms with Crippen LogP contribution in [0.4, 0.5) is 0 Å². The molecule has 5 heteroatoms. The average Bonchev–Trinajstić information content (AvgIpc) is 2.84. The number of carboxylic acids is 1. The van der Waals surface area contributed by atoms with Gasteiger partial charge in [0.05, 0.1) is 6.10 Å². The van der Waals surface area contributed by atoms with E-state index in [4.69, 9.17) is 5.11 Å². The first-order valence-electron chi connectivity index (χ1n) is 5.46. The van der Waals surface area contributed by atoms with Gasteiger partial charge in [0, 0.05) is 18.9 Å². The molecule has 0 aromatic heterocycles. The Kier molecular flexibility index (Phi) is 2.96. The van der Waals surface area contributed by atoms with Crippen LogP contribution in [0.25, 0.3) is 0 Å². The van der Waals surface area contributed by atoms with E-state index in [9.17, 15) is 14.7 Å². The second kappa shape index (κ2) is 4.25. The Morgan fingerprint density at radius 3 is 2.44 bits per heavy atom. The standard InChI is InChI=1S/C11H15NO4/c13-8-5-9(11(15)16)12(6-8)10(14)7-3-1-2-4-7/h1-2,7-9,13H,3-6H2,(H,15,16)/t8-,9-/m0/s1. The summed E-state index contributed by atoms with van der Waals surface area (Å²) < 4.78 is 0. The van der Waals surface area contributed by atoms with E-state index in [1.54, 1.807) is 0 Å². The van der Waals surface area contributed by atoms with Crippen LogP contribution < -0.4 is 0 Å². The molecule has 0 saturated carbocycles. The zero-order chi connectivity index (χ0) is 11.7. The van der Waals surface area contributed by atoms with E-state index in [0.717, 1.165) is 0 Å². The predicted octanol–water partition coefficient (Wildman–Crippen LogP) is -0.00100. The number of nitrogens with zero attached hydrogens (tertiary/aromatic N) is 1. The van der Waals surface area contributed by atoms with Gasteiger partial charge >= 0.3 is 5.97 Å². The largest absolute Gasteiger partial charge is 0.480 e. The monoisotopic (exact) mass is 225 g/mol. The third kappa shape index (κ3) is 1.95. The summed E-state index contributed by atoms with van der Waals surface area (Å²) in [4.78, 5) is 24.3. The fraction of sp³-hybridized carbons (Fsp3) is 0.636. The van der Waals surface area contributed by atoms with Gasteiger partial charge in [-0.3, -0.25) is 4.79 Å². The van der Waals surface area contributed by atoms with Gasteiger partial charge in [0.15, 0.2) is 0 Å². The lowest BCUT2D eigenvalue weighted by Gasteiger charge is -2.24. The number of aliphatic hydroxyl groups is 1. The fourth-order valence-electron chi connectivity index (χ4n) is 2.34. The molecule has 16 heavy (non-hydrogen) atoms. The number of aliphatic carboxylic acids is 1. The molecule has 1 heterocycles. The molecule has 1 saturated heterocycles. The zero-order valence-corrected chi connectivity index (χ0v) is 8.87. The first-order chi connectivity index (χ1) is 7.59. The van der Waals surface area contributed by atoms with Crippen molar-refractivity contribution in [2.75, 3.05) is 6.54 Å². The molecular formula is C11H15NO4. The van der Waals surface area contributed by atoms with Crippen molar-refractivity contribution >= 4 is 11.9 Å². The molecule has 1 amide bonds. The van der Waals surface area contributed by atoms with E-state index in [2.05, 4.69) is 0 Å². The van der Waals surface area contributed by atoms with Gasteiger partial charge in [0.1, 0.15) is 6.04 Å². The van der Waals surface area contributed by atoms with Gasteiger partial charge in [-0.25, -0.2) is 4.79 Å². The third-order valence-corrected chi connectivity index (χ3v) is 3.20. The maximum Gasteiger partial charge on any atom is 0.326 e. The van der Waals surface area contributed by atoms with E-state index in [0.29, 0.717) is 12.8 Å². The number of β-amino-alcohol motifs (C(OH)–C–C–N with tert-alkyl or cyclic N) is 1. The Hall–Kier alpha value is -1.36. The minimum Gasteiger partial charge on any atom is -0.480 e. The van der Waals surface area contributed by atoms with Crippen LogP contribution >= 0.6 is 0 Å². The summed E-state index contributed by atoms with van der Waals surface area (Å²) in [6.45, 7) is 0.145. The van der Waals surface area contributed by atoms with E-state index >= 15 is 0 Å². The van der Waals surface area contributed by atoms with Crippen molar-refractivity contribution in [2.45, 2.75) is 31.4 Å². The average molecular weight is 225 g/mol. The van der Waals surface area contributed by atoms with Crippen LogP contribution in [0.15, 0.2) is 12.2 Å². The molecule has 0 bridgehead atoms. The summed E-state index contributed by atoms with van der Waals surface area (Å²) in [7, 11) is 0. The predicted molar refractivity (Wildman–Crippen MR) is 55.6 cm³/mol. The van der Waals surface area contributed by atoms with Crippen molar-refractivity contribution in [2.24, 2.45) is 5.92 Å². The molecule has 2 aliphatic rings. The number of hydrogen-bond donors (Lipinski definition) is 2. The Balaban J connectivity index is 2.06. The normalized spacial score (nSPS) is 29.9. The van der Waals surface area contributed by atoms with Gasteiger partial charge in [-0.05, 0) is 12.8 Å². The molecule has 1 aliphatic carbocycles. The summed E-state index contributed by atoms with van der Waals surface area (Å²) in [6, 6.07) is -0.858. The van der Waals surface area contributed by atoms with Crippen LogP contribution in [0.2, 0.25) is 0 Å². The summed E-state index contributed by atoms with van der Waals surface area (Å²) in [5.74, 6) is -1.31. The van der Waals surface area contributed by atoms with E-state index in [1.807, 2.05) is 12.2 Å². The highest BCUT2D eigenvalue weighted by atomic mass is 16.4. The molecule has 0 aromatic carbocycles. The Labute approximate surface area is 93.4 Å². The molecule has 2 atom stereocenters. The van der Waals surface area contributed by atoms with Gasteiger partial charge in [-0.1, -0.05) is 12.2 Å². The summed E-state index contributed by atoms with van der Waals surface area (Å²) >= 11 is 0. The maximum atomic E-state index is 12.0. The van der Waals surface area contributed by atoms with Crippen LogP contribution in [0.5, 0.6) is 0 Å². The maximum absolute atomic E-state index is 12.0. The number of hydrogen-bond acceptors (Lipinski definition) is 3. The van der Waals surface area contributed by atoms with Crippen LogP contribution in [0.3, 0.4) is 0 Å². The van der Waals surface area contributed by atoms with Gasteiger partial charge in [0.2, 0.25) is 5.91 Å². The number of likely N-dealkylation sites (tertiary alicyclic amines) is 1. The Morgan fingerprint density at radius 2 is 1.88 bits per heavy atom. The minimum absolute atomic E-state index is 0.132. The Bertz CT molecular complexity index is 331. The van der Waals surface area contributed by atoms with Crippen molar-refractivity contribution in [1.82, 2.24) is 4.90 Å². The van der Waals surface area contributed by atoms with E-state index in [-0.39, 0.29) is 24.8 Å². The van der Waals surface area contributed by atoms with Crippen LogP contribution in [0, 0.1) is 5.92 Å². The SMILES string of the molecule is O=C(O)[C@@H]1C[C@H](O)CN1C(=O)C1CC=CC1. The molecule has 0 aromatic rings. The first kappa shape index (κ1) is 11.1. The highest BCUT2D eigenvalue weighted by Gasteiger charge is 2.40. The van der Waals surface area contributed by atoms with Crippen LogP contribution in [-0.2, 0) is 9.59 Å². The lowest BCUT2D eigenvalue weighted by Crippen LogP contribution is -2.43. The molecule has 2 rings (SSSR count). The van der Waals surface area contributed by atoms with Crippen molar-refractivity contribution in [3.8, 4) is 0 Å². The molecule has 1 fully saturated rings.